The van der Waals surface area contributed by atoms with E-state index in [4.69, 9.17) is 10.5 Å². The lowest BCUT2D eigenvalue weighted by Crippen LogP contribution is -2.26. The van der Waals surface area contributed by atoms with Gasteiger partial charge in [-0.25, -0.2) is 0 Å². The molecular formula is C13H22ClNO2. The zero-order chi connectivity index (χ0) is 12.3. The highest BCUT2D eigenvalue weighted by Crippen LogP contribution is 2.39. The Hall–Kier alpha value is -0.930. The van der Waals surface area contributed by atoms with Gasteiger partial charge in [0.25, 0.3) is 0 Å². The highest BCUT2D eigenvalue weighted by Gasteiger charge is 2.25. The summed E-state index contributed by atoms with van der Waals surface area (Å²) in [6.07, 6.45) is 0. The van der Waals surface area contributed by atoms with E-state index in [1.807, 2.05) is 39.8 Å². The Morgan fingerprint density at radius 3 is 2.41 bits per heavy atom. The zero-order valence-electron chi connectivity index (χ0n) is 10.9. The van der Waals surface area contributed by atoms with Crippen molar-refractivity contribution in [1.82, 2.24) is 0 Å². The highest BCUT2D eigenvalue weighted by molar-refractivity contribution is 5.85. The molecule has 0 radical (unpaired) electrons. The SMILES string of the molecule is CCOc1cccc([C@@H](N)C(C)(C)C)c1O.Cl. The van der Waals surface area contributed by atoms with Gasteiger partial charge in [-0.3, -0.25) is 0 Å². The molecule has 0 aliphatic carbocycles. The zero-order valence-corrected chi connectivity index (χ0v) is 11.7. The van der Waals surface area contributed by atoms with Gasteiger partial charge in [0, 0.05) is 11.6 Å². The van der Waals surface area contributed by atoms with Gasteiger partial charge in [-0.2, -0.15) is 0 Å². The molecule has 0 aliphatic rings. The maximum atomic E-state index is 10.0. The second kappa shape index (κ2) is 6.12. The summed E-state index contributed by atoms with van der Waals surface area (Å²) in [6, 6.07) is 5.23. The molecule has 17 heavy (non-hydrogen) atoms. The van der Waals surface area contributed by atoms with Gasteiger partial charge >= 0.3 is 0 Å². The molecule has 0 unspecified atom stereocenters. The number of para-hydroxylation sites is 1. The smallest absolute Gasteiger partial charge is 0.162 e. The number of rotatable bonds is 3. The lowest BCUT2D eigenvalue weighted by atomic mass is 9.82. The maximum absolute atomic E-state index is 10.0. The number of aromatic hydroxyl groups is 1. The number of nitrogens with two attached hydrogens (primary N) is 1. The van der Waals surface area contributed by atoms with Crippen LogP contribution in [0.5, 0.6) is 11.5 Å². The van der Waals surface area contributed by atoms with Crippen molar-refractivity contribution in [2.45, 2.75) is 33.7 Å². The van der Waals surface area contributed by atoms with E-state index < -0.39 is 0 Å². The Kier molecular flexibility index (Phi) is 5.79. The van der Waals surface area contributed by atoms with Crippen LogP contribution in [0.25, 0.3) is 0 Å². The molecule has 0 heterocycles. The molecule has 0 aromatic heterocycles. The Morgan fingerprint density at radius 1 is 1.35 bits per heavy atom. The molecule has 0 saturated heterocycles. The maximum Gasteiger partial charge on any atom is 0.162 e. The molecule has 1 rings (SSSR count). The molecule has 0 spiro atoms. The first-order valence-corrected chi connectivity index (χ1v) is 5.58. The topological polar surface area (TPSA) is 55.5 Å². The number of phenols is 1. The third-order valence-corrected chi connectivity index (χ3v) is 2.60. The summed E-state index contributed by atoms with van der Waals surface area (Å²) in [4.78, 5) is 0. The Morgan fingerprint density at radius 2 is 1.94 bits per heavy atom. The summed E-state index contributed by atoms with van der Waals surface area (Å²) in [6.45, 7) is 8.55. The van der Waals surface area contributed by atoms with Crippen LogP contribution in [-0.2, 0) is 0 Å². The average Bonchev–Trinajstić information content (AvgIpc) is 2.19. The van der Waals surface area contributed by atoms with Gasteiger partial charge in [-0.1, -0.05) is 32.9 Å². The molecule has 98 valence electrons. The van der Waals surface area contributed by atoms with Crippen LogP contribution in [0.1, 0.15) is 39.3 Å². The molecule has 0 fully saturated rings. The van der Waals surface area contributed by atoms with Crippen LogP contribution in [0.2, 0.25) is 0 Å². The van der Waals surface area contributed by atoms with Crippen molar-refractivity contribution in [2.24, 2.45) is 11.1 Å². The summed E-state index contributed by atoms with van der Waals surface area (Å²) in [7, 11) is 0. The van der Waals surface area contributed by atoms with Crippen molar-refractivity contribution in [3.8, 4) is 11.5 Å². The fourth-order valence-electron chi connectivity index (χ4n) is 1.53. The minimum absolute atomic E-state index is 0. The lowest BCUT2D eigenvalue weighted by molar-refractivity contribution is 0.297. The Bertz CT molecular complexity index is 361. The predicted octanol–water partition coefficient (Wildman–Crippen LogP) is 3.26. The first kappa shape index (κ1) is 16.1. The first-order valence-electron chi connectivity index (χ1n) is 5.58. The quantitative estimate of drug-likeness (QED) is 0.876. The van der Waals surface area contributed by atoms with Crippen LogP contribution in [-0.4, -0.2) is 11.7 Å². The molecule has 1 aromatic carbocycles. The summed E-state index contributed by atoms with van der Waals surface area (Å²) in [5.74, 6) is 0.659. The van der Waals surface area contributed by atoms with E-state index in [9.17, 15) is 5.11 Å². The van der Waals surface area contributed by atoms with Gasteiger partial charge in [0.15, 0.2) is 11.5 Å². The van der Waals surface area contributed by atoms with Gasteiger partial charge in [0.05, 0.1) is 6.61 Å². The Labute approximate surface area is 109 Å². The average molecular weight is 260 g/mol. The Balaban J connectivity index is 0.00000256. The summed E-state index contributed by atoms with van der Waals surface area (Å²) in [5, 5.41) is 10.0. The second-order valence-electron chi connectivity index (χ2n) is 4.97. The largest absolute Gasteiger partial charge is 0.504 e. The van der Waals surface area contributed by atoms with Crippen LogP contribution >= 0.6 is 12.4 Å². The van der Waals surface area contributed by atoms with E-state index >= 15 is 0 Å². The number of ether oxygens (including phenoxy) is 1. The summed E-state index contributed by atoms with van der Waals surface area (Å²) >= 11 is 0. The van der Waals surface area contributed by atoms with Crippen molar-refractivity contribution in [2.75, 3.05) is 6.61 Å². The number of hydrogen-bond acceptors (Lipinski definition) is 3. The molecule has 1 aromatic rings. The van der Waals surface area contributed by atoms with Crippen LogP contribution in [0.3, 0.4) is 0 Å². The number of hydrogen-bond donors (Lipinski definition) is 2. The molecule has 0 aliphatic heterocycles. The molecular weight excluding hydrogens is 238 g/mol. The normalized spacial score (nSPS) is 12.8. The molecule has 1 atom stereocenters. The third kappa shape index (κ3) is 3.79. The molecule has 0 saturated carbocycles. The molecule has 3 nitrogen and oxygen atoms in total. The van der Waals surface area contributed by atoms with E-state index in [0.717, 1.165) is 5.56 Å². The van der Waals surface area contributed by atoms with E-state index in [1.165, 1.54) is 0 Å². The van der Waals surface area contributed by atoms with Crippen molar-refractivity contribution in [3.05, 3.63) is 23.8 Å². The highest BCUT2D eigenvalue weighted by atomic mass is 35.5. The molecule has 0 bridgehead atoms. The lowest BCUT2D eigenvalue weighted by Gasteiger charge is -2.28. The standard InChI is InChI=1S/C13H21NO2.ClH/c1-5-16-10-8-6-7-9(11(10)15)12(14)13(2,3)4;/h6-8,12,15H,5,14H2,1-4H3;1H/t12-;/m1./s1. The fraction of sp³-hybridized carbons (Fsp3) is 0.538. The van der Waals surface area contributed by atoms with E-state index in [2.05, 4.69) is 0 Å². The first-order chi connectivity index (χ1) is 7.38. The summed E-state index contributed by atoms with van der Waals surface area (Å²) < 4.78 is 5.33. The van der Waals surface area contributed by atoms with Crippen molar-refractivity contribution in [3.63, 3.8) is 0 Å². The molecule has 3 N–H and O–H groups in total. The van der Waals surface area contributed by atoms with Crippen LogP contribution in [0, 0.1) is 5.41 Å². The number of phenolic OH excluding ortho intramolecular Hbond substituents is 1. The van der Waals surface area contributed by atoms with Crippen LogP contribution < -0.4 is 10.5 Å². The fourth-order valence-corrected chi connectivity index (χ4v) is 1.53. The van der Waals surface area contributed by atoms with E-state index in [-0.39, 0.29) is 29.6 Å². The second-order valence-corrected chi connectivity index (χ2v) is 4.97. The summed E-state index contributed by atoms with van der Waals surface area (Å²) in [5.41, 5.74) is 6.76. The van der Waals surface area contributed by atoms with Crippen LogP contribution in [0.15, 0.2) is 18.2 Å². The number of benzene rings is 1. The van der Waals surface area contributed by atoms with Crippen molar-refractivity contribution in [1.29, 1.82) is 0 Å². The van der Waals surface area contributed by atoms with Gasteiger partial charge in [-0.15, -0.1) is 12.4 Å². The van der Waals surface area contributed by atoms with E-state index in [0.29, 0.717) is 12.4 Å². The number of halogens is 1. The van der Waals surface area contributed by atoms with Gasteiger partial charge in [-0.05, 0) is 18.4 Å². The van der Waals surface area contributed by atoms with Crippen LogP contribution in [0.4, 0.5) is 0 Å². The van der Waals surface area contributed by atoms with Gasteiger partial charge in [0.2, 0.25) is 0 Å². The van der Waals surface area contributed by atoms with Gasteiger partial charge < -0.3 is 15.6 Å². The third-order valence-electron chi connectivity index (χ3n) is 2.60. The van der Waals surface area contributed by atoms with Crippen molar-refractivity contribution < 1.29 is 9.84 Å². The monoisotopic (exact) mass is 259 g/mol. The minimum Gasteiger partial charge on any atom is -0.504 e. The molecule has 4 heteroatoms. The minimum atomic E-state index is -0.215. The molecule has 0 amide bonds. The van der Waals surface area contributed by atoms with E-state index in [1.54, 1.807) is 6.07 Å². The van der Waals surface area contributed by atoms with Crippen molar-refractivity contribution >= 4 is 12.4 Å². The predicted molar refractivity (Wildman–Crippen MR) is 72.9 cm³/mol. The van der Waals surface area contributed by atoms with Gasteiger partial charge in [0.1, 0.15) is 0 Å².